The summed E-state index contributed by atoms with van der Waals surface area (Å²) in [5, 5.41) is 3.29. The van der Waals surface area contributed by atoms with Gasteiger partial charge in [0.2, 0.25) is 0 Å². The Kier molecular flexibility index (Phi) is 7.28. The standard InChI is InChI=1S/C14H28N2O2/c1-4-10-15-13(14(17)18-3)11-16(5-2)12-8-6-7-9-12/h12-13,15H,4-11H2,1-3H3. The average Bonchev–Trinajstić information content (AvgIpc) is 2.92. The van der Waals surface area contributed by atoms with Gasteiger partial charge in [0.15, 0.2) is 0 Å². The fourth-order valence-corrected chi connectivity index (χ4v) is 2.72. The van der Waals surface area contributed by atoms with Crippen LogP contribution in [-0.4, -0.2) is 49.7 Å². The summed E-state index contributed by atoms with van der Waals surface area (Å²) >= 11 is 0. The van der Waals surface area contributed by atoms with Crippen LogP contribution < -0.4 is 5.32 Å². The molecule has 0 heterocycles. The number of nitrogens with zero attached hydrogens (tertiary/aromatic N) is 1. The fraction of sp³-hybridized carbons (Fsp3) is 0.929. The summed E-state index contributed by atoms with van der Waals surface area (Å²) in [6.07, 6.45) is 6.23. The summed E-state index contributed by atoms with van der Waals surface area (Å²) < 4.78 is 4.89. The molecule has 1 rings (SSSR count). The number of hydrogen-bond acceptors (Lipinski definition) is 4. The Hall–Kier alpha value is -0.610. The summed E-state index contributed by atoms with van der Waals surface area (Å²) in [6.45, 7) is 6.92. The number of esters is 1. The molecule has 4 heteroatoms. The van der Waals surface area contributed by atoms with E-state index in [1.165, 1.54) is 32.8 Å². The molecule has 1 aliphatic carbocycles. The van der Waals surface area contributed by atoms with Crippen molar-refractivity contribution in [1.29, 1.82) is 0 Å². The predicted molar refractivity (Wildman–Crippen MR) is 73.6 cm³/mol. The van der Waals surface area contributed by atoms with Crippen LogP contribution in [0.5, 0.6) is 0 Å². The second-order valence-corrected chi connectivity index (χ2v) is 5.06. The first-order valence-electron chi connectivity index (χ1n) is 7.28. The monoisotopic (exact) mass is 256 g/mol. The van der Waals surface area contributed by atoms with E-state index < -0.39 is 0 Å². The largest absolute Gasteiger partial charge is 0.468 e. The Morgan fingerprint density at radius 2 is 2.06 bits per heavy atom. The van der Waals surface area contributed by atoms with Crippen LogP contribution in [0, 0.1) is 0 Å². The SMILES string of the molecule is CCCNC(CN(CC)C1CCCC1)C(=O)OC. The van der Waals surface area contributed by atoms with Gasteiger partial charge in [-0.15, -0.1) is 0 Å². The molecular formula is C14H28N2O2. The van der Waals surface area contributed by atoms with Crippen molar-refractivity contribution in [3.8, 4) is 0 Å². The van der Waals surface area contributed by atoms with Gasteiger partial charge in [0, 0.05) is 12.6 Å². The predicted octanol–water partition coefficient (Wildman–Crippen LogP) is 1.79. The minimum absolute atomic E-state index is 0.139. The molecule has 1 unspecified atom stereocenters. The zero-order valence-electron chi connectivity index (χ0n) is 12.1. The van der Waals surface area contributed by atoms with E-state index in [4.69, 9.17) is 4.74 Å². The van der Waals surface area contributed by atoms with Crippen LogP contribution in [0.2, 0.25) is 0 Å². The maximum absolute atomic E-state index is 11.8. The summed E-state index contributed by atoms with van der Waals surface area (Å²) in [5.41, 5.74) is 0. The van der Waals surface area contributed by atoms with Gasteiger partial charge >= 0.3 is 5.97 Å². The third kappa shape index (κ3) is 4.58. The first-order chi connectivity index (χ1) is 8.72. The molecular weight excluding hydrogens is 228 g/mol. The first kappa shape index (κ1) is 15.4. The highest BCUT2D eigenvalue weighted by atomic mass is 16.5. The Labute approximate surface area is 111 Å². The van der Waals surface area contributed by atoms with Gasteiger partial charge in [-0.2, -0.15) is 0 Å². The molecule has 0 bridgehead atoms. The van der Waals surface area contributed by atoms with E-state index in [-0.39, 0.29) is 12.0 Å². The zero-order chi connectivity index (χ0) is 13.4. The molecule has 1 saturated carbocycles. The second kappa shape index (κ2) is 8.48. The lowest BCUT2D eigenvalue weighted by molar-refractivity contribution is -0.143. The van der Waals surface area contributed by atoms with E-state index in [9.17, 15) is 4.79 Å². The van der Waals surface area contributed by atoms with Crippen molar-refractivity contribution in [2.24, 2.45) is 0 Å². The maximum atomic E-state index is 11.8. The molecule has 0 spiro atoms. The molecule has 1 N–H and O–H groups in total. The summed E-state index contributed by atoms with van der Waals surface area (Å²) in [4.78, 5) is 14.2. The first-order valence-corrected chi connectivity index (χ1v) is 7.28. The Morgan fingerprint density at radius 1 is 1.39 bits per heavy atom. The summed E-state index contributed by atoms with van der Waals surface area (Å²) in [7, 11) is 1.47. The third-order valence-electron chi connectivity index (χ3n) is 3.79. The van der Waals surface area contributed by atoms with Crippen LogP contribution in [0.4, 0.5) is 0 Å². The fourth-order valence-electron chi connectivity index (χ4n) is 2.72. The maximum Gasteiger partial charge on any atom is 0.324 e. The molecule has 0 saturated heterocycles. The quantitative estimate of drug-likeness (QED) is 0.672. The van der Waals surface area contributed by atoms with Crippen molar-refractivity contribution in [3.63, 3.8) is 0 Å². The van der Waals surface area contributed by atoms with Crippen molar-refractivity contribution >= 4 is 5.97 Å². The van der Waals surface area contributed by atoms with Crippen molar-refractivity contribution in [1.82, 2.24) is 10.2 Å². The molecule has 1 fully saturated rings. The molecule has 18 heavy (non-hydrogen) atoms. The topological polar surface area (TPSA) is 41.6 Å². The number of rotatable bonds is 8. The minimum Gasteiger partial charge on any atom is -0.468 e. The second-order valence-electron chi connectivity index (χ2n) is 5.06. The van der Waals surface area contributed by atoms with Crippen LogP contribution in [0.3, 0.4) is 0 Å². The molecule has 1 atom stereocenters. The van der Waals surface area contributed by atoms with Gasteiger partial charge in [0.25, 0.3) is 0 Å². The van der Waals surface area contributed by atoms with Crippen molar-refractivity contribution in [2.75, 3.05) is 26.7 Å². The number of carbonyl (C=O) groups excluding carboxylic acids is 1. The van der Waals surface area contributed by atoms with Gasteiger partial charge in [0.1, 0.15) is 6.04 Å². The molecule has 0 radical (unpaired) electrons. The molecule has 0 aliphatic heterocycles. The highest BCUT2D eigenvalue weighted by molar-refractivity contribution is 5.75. The van der Waals surface area contributed by atoms with Gasteiger partial charge in [-0.3, -0.25) is 9.69 Å². The number of nitrogens with one attached hydrogen (secondary N) is 1. The Bertz CT molecular complexity index is 240. The van der Waals surface area contributed by atoms with E-state index in [0.717, 1.165) is 26.1 Å². The summed E-state index contributed by atoms with van der Waals surface area (Å²) in [5.74, 6) is -0.139. The van der Waals surface area contributed by atoms with Gasteiger partial charge < -0.3 is 10.1 Å². The smallest absolute Gasteiger partial charge is 0.324 e. The van der Waals surface area contributed by atoms with E-state index in [2.05, 4.69) is 24.1 Å². The van der Waals surface area contributed by atoms with Gasteiger partial charge in [-0.05, 0) is 32.4 Å². The third-order valence-corrected chi connectivity index (χ3v) is 3.79. The Morgan fingerprint density at radius 3 is 2.56 bits per heavy atom. The number of likely N-dealkylation sites (N-methyl/N-ethyl adjacent to an activating group) is 1. The van der Waals surface area contributed by atoms with E-state index >= 15 is 0 Å². The molecule has 4 nitrogen and oxygen atoms in total. The number of ether oxygens (including phenoxy) is 1. The lowest BCUT2D eigenvalue weighted by Crippen LogP contribution is -2.49. The van der Waals surface area contributed by atoms with Crippen molar-refractivity contribution < 1.29 is 9.53 Å². The van der Waals surface area contributed by atoms with Crippen LogP contribution in [-0.2, 0) is 9.53 Å². The lowest BCUT2D eigenvalue weighted by Gasteiger charge is -2.30. The number of hydrogen-bond donors (Lipinski definition) is 1. The van der Waals surface area contributed by atoms with Gasteiger partial charge in [-0.1, -0.05) is 26.7 Å². The zero-order valence-corrected chi connectivity index (χ0v) is 12.1. The molecule has 0 aromatic rings. The summed E-state index contributed by atoms with van der Waals surface area (Å²) in [6, 6.07) is 0.473. The van der Waals surface area contributed by atoms with Crippen LogP contribution in [0.1, 0.15) is 46.0 Å². The Balaban J connectivity index is 2.52. The lowest BCUT2D eigenvalue weighted by atomic mass is 10.1. The molecule has 0 aromatic heterocycles. The van der Waals surface area contributed by atoms with E-state index in [0.29, 0.717) is 6.04 Å². The molecule has 106 valence electrons. The molecule has 0 amide bonds. The highest BCUT2D eigenvalue weighted by Gasteiger charge is 2.27. The van der Waals surface area contributed by atoms with Crippen LogP contribution >= 0.6 is 0 Å². The number of methoxy groups -OCH3 is 1. The minimum atomic E-state index is -0.185. The van der Waals surface area contributed by atoms with Gasteiger partial charge in [0.05, 0.1) is 7.11 Å². The average molecular weight is 256 g/mol. The van der Waals surface area contributed by atoms with Crippen molar-refractivity contribution in [2.45, 2.75) is 58.0 Å². The highest BCUT2D eigenvalue weighted by Crippen LogP contribution is 2.23. The molecule has 1 aliphatic rings. The van der Waals surface area contributed by atoms with Crippen molar-refractivity contribution in [3.05, 3.63) is 0 Å². The molecule has 0 aromatic carbocycles. The van der Waals surface area contributed by atoms with E-state index in [1.54, 1.807) is 0 Å². The van der Waals surface area contributed by atoms with Crippen LogP contribution in [0.25, 0.3) is 0 Å². The normalized spacial score (nSPS) is 18.2. The van der Waals surface area contributed by atoms with Crippen LogP contribution in [0.15, 0.2) is 0 Å². The van der Waals surface area contributed by atoms with Gasteiger partial charge in [-0.25, -0.2) is 0 Å². The van der Waals surface area contributed by atoms with E-state index in [1.807, 2.05) is 0 Å². The number of carbonyl (C=O) groups is 1.